The zero-order chi connectivity index (χ0) is 20.8. The summed E-state index contributed by atoms with van der Waals surface area (Å²) in [4.78, 5) is 11.7. The van der Waals surface area contributed by atoms with E-state index in [9.17, 15) is 26.0 Å². The fourth-order valence-corrected chi connectivity index (χ4v) is 5.00. The van der Waals surface area contributed by atoms with Crippen LogP contribution in [0.15, 0.2) is 64.4 Å². The number of carbonyl (C=O) groups excluding carboxylic acids is 1. The van der Waals surface area contributed by atoms with Crippen LogP contribution >= 0.6 is 0 Å². The van der Waals surface area contributed by atoms with Crippen molar-refractivity contribution in [2.24, 2.45) is 0 Å². The standard InChI is InChI=1S/C18H21FN2O5S2/c1-14(21-28(25,26)17-11-6-5-10-16(17)19)18(22)20-12-7-13-27(23,24)15-8-3-2-4-9-15/h2-6,8-11,14,21H,7,12-13H2,1H3,(H,20,22)/t14-/m0/s1. The van der Waals surface area contributed by atoms with E-state index in [1.54, 1.807) is 18.2 Å². The summed E-state index contributed by atoms with van der Waals surface area (Å²) in [6.45, 7) is 1.37. The molecule has 0 aromatic heterocycles. The van der Waals surface area contributed by atoms with Gasteiger partial charge in [0.05, 0.1) is 16.7 Å². The summed E-state index contributed by atoms with van der Waals surface area (Å²) in [6.07, 6.45) is 0.162. The van der Waals surface area contributed by atoms with E-state index in [1.807, 2.05) is 0 Å². The third-order valence-corrected chi connectivity index (χ3v) is 7.23. The molecule has 0 unspecified atom stereocenters. The van der Waals surface area contributed by atoms with Crippen LogP contribution in [0.25, 0.3) is 0 Å². The molecule has 0 aliphatic carbocycles. The summed E-state index contributed by atoms with van der Waals surface area (Å²) in [6, 6.07) is 11.6. The quantitative estimate of drug-likeness (QED) is 0.588. The van der Waals surface area contributed by atoms with Gasteiger partial charge in [-0.15, -0.1) is 0 Å². The maximum absolute atomic E-state index is 13.7. The molecule has 10 heteroatoms. The molecular formula is C18H21FN2O5S2. The average Bonchev–Trinajstić information content (AvgIpc) is 2.65. The highest BCUT2D eigenvalue weighted by Gasteiger charge is 2.24. The van der Waals surface area contributed by atoms with E-state index in [1.165, 1.54) is 31.2 Å². The van der Waals surface area contributed by atoms with Crippen molar-refractivity contribution in [2.45, 2.75) is 29.2 Å². The molecule has 2 aromatic rings. The van der Waals surface area contributed by atoms with Gasteiger partial charge < -0.3 is 5.32 Å². The SMILES string of the molecule is C[C@H](NS(=O)(=O)c1ccccc1F)C(=O)NCCCS(=O)(=O)c1ccccc1. The van der Waals surface area contributed by atoms with Crippen LogP contribution in [0.3, 0.4) is 0 Å². The monoisotopic (exact) mass is 428 g/mol. The topological polar surface area (TPSA) is 109 Å². The van der Waals surface area contributed by atoms with E-state index in [-0.39, 0.29) is 23.6 Å². The van der Waals surface area contributed by atoms with Gasteiger partial charge in [0.15, 0.2) is 9.84 Å². The van der Waals surface area contributed by atoms with E-state index in [2.05, 4.69) is 10.0 Å². The van der Waals surface area contributed by atoms with Gasteiger partial charge in [0.25, 0.3) is 0 Å². The Bertz CT molecular complexity index is 1020. The van der Waals surface area contributed by atoms with Crippen LogP contribution in [0, 0.1) is 5.82 Å². The largest absolute Gasteiger partial charge is 0.355 e. The third kappa shape index (κ3) is 5.85. The lowest BCUT2D eigenvalue weighted by Gasteiger charge is -2.15. The molecule has 7 nitrogen and oxygen atoms in total. The Morgan fingerprint density at radius 1 is 1.00 bits per heavy atom. The van der Waals surface area contributed by atoms with Gasteiger partial charge >= 0.3 is 0 Å². The van der Waals surface area contributed by atoms with Crippen molar-refractivity contribution in [3.63, 3.8) is 0 Å². The van der Waals surface area contributed by atoms with Crippen molar-refractivity contribution >= 4 is 25.8 Å². The lowest BCUT2D eigenvalue weighted by molar-refractivity contribution is -0.122. The number of benzene rings is 2. The average molecular weight is 429 g/mol. The van der Waals surface area contributed by atoms with Gasteiger partial charge in [0.2, 0.25) is 15.9 Å². The summed E-state index contributed by atoms with van der Waals surface area (Å²) < 4.78 is 64.4. The second-order valence-electron chi connectivity index (χ2n) is 6.05. The normalized spacial score (nSPS) is 13.1. The minimum Gasteiger partial charge on any atom is -0.355 e. The molecule has 28 heavy (non-hydrogen) atoms. The van der Waals surface area contributed by atoms with Crippen molar-refractivity contribution in [1.29, 1.82) is 0 Å². The first-order valence-electron chi connectivity index (χ1n) is 8.46. The minimum atomic E-state index is -4.21. The fourth-order valence-electron chi connectivity index (χ4n) is 2.38. The van der Waals surface area contributed by atoms with Gasteiger partial charge in [-0.25, -0.2) is 21.2 Å². The van der Waals surface area contributed by atoms with Gasteiger partial charge in [-0.2, -0.15) is 4.72 Å². The number of nitrogens with one attached hydrogen (secondary N) is 2. The second kappa shape index (κ2) is 9.26. The Hall–Kier alpha value is -2.30. The summed E-state index contributed by atoms with van der Waals surface area (Å²) in [5, 5.41) is 2.47. The van der Waals surface area contributed by atoms with Crippen LogP contribution in [-0.2, 0) is 24.7 Å². The lowest BCUT2D eigenvalue weighted by Crippen LogP contribution is -2.45. The number of sulfone groups is 1. The number of halogens is 1. The Morgan fingerprint density at radius 3 is 2.25 bits per heavy atom. The number of sulfonamides is 1. The van der Waals surface area contributed by atoms with Crippen molar-refractivity contribution in [1.82, 2.24) is 10.0 Å². The molecule has 0 saturated carbocycles. The number of hydrogen-bond acceptors (Lipinski definition) is 5. The number of carbonyl (C=O) groups is 1. The van der Waals surface area contributed by atoms with Gasteiger partial charge in [0, 0.05) is 6.54 Å². The predicted molar refractivity (Wildman–Crippen MR) is 102 cm³/mol. The molecule has 2 aromatic carbocycles. The minimum absolute atomic E-state index is 0.0522. The first kappa shape index (κ1) is 22.0. The van der Waals surface area contributed by atoms with E-state index in [0.29, 0.717) is 0 Å². The molecule has 0 spiro atoms. The van der Waals surface area contributed by atoms with Crippen molar-refractivity contribution in [3.8, 4) is 0 Å². The molecule has 0 aliphatic rings. The molecule has 152 valence electrons. The zero-order valence-corrected chi connectivity index (χ0v) is 16.8. The van der Waals surface area contributed by atoms with Crippen LogP contribution in [0.1, 0.15) is 13.3 Å². The molecule has 0 radical (unpaired) electrons. The Balaban J connectivity index is 1.85. The van der Waals surface area contributed by atoms with Gasteiger partial charge in [-0.1, -0.05) is 30.3 Å². The predicted octanol–water partition coefficient (Wildman–Crippen LogP) is 1.47. The van der Waals surface area contributed by atoms with Crippen LogP contribution < -0.4 is 10.0 Å². The third-order valence-electron chi connectivity index (χ3n) is 3.84. The highest BCUT2D eigenvalue weighted by molar-refractivity contribution is 7.91. The van der Waals surface area contributed by atoms with Crippen molar-refractivity contribution in [3.05, 3.63) is 60.4 Å². The summed E-state index contributed by atoms with van der Waals surface area (Å²) in [5.74, 6) is -1.72. The molecular weight excluding hydrogens is 407 g/mol. The van der Waals surface area contributed by atoms with E-state index in [4.69, 9.17) is 0 Å². The van der Waals surface area contributed by atoms with Crippen LogP contribution in [0.5, 0.6) is 0 Å². The van der Waals surface area contributed by atoms with Crippen molar-refractivity contribution < 1.29 is 26.0 Å². The van der Waals surface area contributed by atoms with Crippen LogP contribution in [0.2, 0.25) is 0 Å². The molecule has 0 bridgehead atoms. The Kier molecular flexibility index (Phi) is 7.28. The first-order chi connectivity index (χ1) is 13.1. The first-order valence-corrected chi connectivity index (χ1v) is 11.6. The number of hydrogen-bond donors (Lipinski definition) is 2. The van der Waals surface area contributed by atoms with E-state index >= 15 is 0 Å². The highest BCUT2D eigenvalue weighted by Crippen LogP contribution is 2.14. The van der Waals surface area contributed by atoms with Gasteiger partial charge in [-0.3, -0.25) is 4.79 Å². The Morgan fingerprint density at radius 2 is 1.61 bits per heavy atom. The van der Waals surface area contributed by atoms with E-state index in [0.717, 1.165) is 12.1 Å². The molecule has 1 atom stereocenters. The van der Waals surface area contributed by atoms with Gasteiger partial charge in [-0.05, 0) is 37.6 Å². The fraction of sp³-hybridized carbons (Fsp3) is 0.278. The summed E-state index contributed by atoms with van der Waals surface area (Å²) in [7, 11) is -7.66. The molecule has 1 amide bonds. The van der Waals surface area contributed by atoms with Crippen LogP contribution in [-0.4, -0.2) is 41.1 Å². The molecule has 0 saturated heterocycles. The molecule has 2 N–H and O–H groups in total. The molecule has 0 heterocycles. The molecule has 0 fully saturated rings. The summed E-state index contributed by atoms with van der Waals surface area (Å²) in [5.41, 5.74) is 0. The molecule has 2 rings (SSSR count). The van der Waals surface area contributed by atoms with Gasteiger partial charge in [0.1, 0.15) is 10.7 Å². The highest BCUT2D eigenvalue weighted by atomic mass is 32.2. The smallest absolute Gasteiger partial charge is 0.244 e. The summed E-state index contributed by atoms with van der Waals surface area (Å²) >= 11 is 0. The van der Waals surface area contributed by atoms with Crippen LogP contribution in [0.4, 0.5) is 4.39 Å². The maximum Gasteiger partial charge on any atom is 0.244 e. The van der Waals surface area contributed by atoms with Crippen molar-refractivity contribution in [2.75, 3.05) is 12.3 Å². The number of amides is 1. The Labute approximate surface area is 163 Å². The molecule has 0 aliphatic heterocycles. The lowest BCUT2D eigenvalue weighted by atomic mass is 10.3. The van der Waals surface area contributed by atoms with E-state index < -0.39 is 42.5 Å². The number of rotatable bonds is 9. The zero-order valence-electron chi connectivity index (χ0n) is 15.1. The maximum atomic E-state index is 13.7. The second-order valence-corrected chi connectivity index (χ2v) is 9.84.